The van der Waals surface area contributed by atoms with Crippen molar-refractivity contribution in [3.05, 3.63) is 58.9 Å². The minimum atomic E-state index is -0.424. The van der Waals surface area contributed by atoms with Gasteiger partial charge in [0, 0.05) is 30.5 Å². The van der Waals surface area contributed by atoms with Crippen molar-refractivity contribution >= 4 is 39.9 Å². The molecule has 1 fully saturated rings. The quantitative estimate of drug-likeness (QED) is 0.451. The van der Waals surface area contributed by atoms with Crippen LogP contribution in [0.4, 0.5) is 11.4 Å². The van der Waals surface area contributed by atoms with Crippen molar-refractivity contribution in [1.29, 1.82) is 0 Å². The van der Waals surface area contributed by atoms with E-state index < -0.39 is 5.25 Å². The van der Waals surface area contributed by atoms with Gasteiger partial charge in [0.2, 0.25) is 5.91 Å². The van der Waals surface area contributed by atoms with Crippen LogP contribution in [0.1, 0.15) is 26.8 Å². The molecule has 1 saturated heterocycles. The number of benzene rings is 2. The molecule has 1 aromatic heterocycles. The Labute approximate surface area is 191 Å². The van der Waals surface area contributed by atoms with Gasteiger partial charge in [0.1, 0.15) is 0 Å². The number of hydrogen-bond acceptors (Lipinski definition) is 6. The normalized spacial score (nSPS) is 15.2. The number of nitrogens with one attached hydrogen (secondary N) is 1. The zero-order chi connectivity index (χ0) is 22.7. The molecule has 2 aromatic carbocycles. The highest BCUT2D eigenvalue weighted by Crippen LogP contribution is 2.26. The standard InChI is InChI=1S/C24H28N4O3S/c1-16(2)28-23(30)20-6-4-5-7-21(20)26-24(28)32-17(3)22(29)25-18-8-10-19(11-9-18)27-12-14-31-15-13-27/h4-11,16-17H,12-15H2,1-3H3,(H,25,29)/t17-/m0/s1. The molecule has 0 radical (unpaired) electrons. The van der Waals surface area contributed by atoms with Gasteiger partial charge in [-0.3, -0.25) is 14.2 Å². The van der Waals surface area contributed by atoms with Gasteiger partial charge in [-0.1, -0.05) is 23.9 Å². The van der Waals surface area contributed by atoms with Crippen LogP contribution in [0.3, 0.4) is 0 Å². The van der Waals surface area contributed by atoms with Crippen molar-refractivity contribution in [3.8, 4) is 0 Å². The number of carbonyl (C=O) groups is 1. The molecule has 7 nitrogen and oxygen atoms in total. The average molecular weight is 453 g/mol. The summed E-state index contributed by atoms with van der Waals surface area (Å²) in [5.41, 5.74) is 2.42. The lowest BCUT2D eigenvalue weighted by Gasteiger charge is -2.29. The van der Waals surface area contributed by atoms with Crippen molar-refractivity contribution in [1.82, 2.24) is 9.55 Å². The van der Waals surface area contributed by atoms with Crippen molar-refractivity contribution in [2.45, 2.75) is 37.2 Å². The van der Waals surface area contributed by atoms with Gasteiger partial charge >= 0.3 is 0 Å². The number of morpholine rings is 1. The highest BCUT2D eigenvalue weighted by atomic mass is 32.2. The number of rotatable bonds is 6. The van der Waals surface area contributed by atoms with Crippen molar-refractivity contribution < 1.29 is 9.53 Å². The van der Waals surface area contributed by atoms with Crippen LogP contribution in [-0.4, -0.2) is 47.0 Å². The van der Waals surface area contributed by atoms with Gasteiger partial charge in [-0.25, -0.2) is 4.98 Å². The van der Waals surface area contributed by atoms with Crippen molar-refractivity contribution in [2.24, 2.45) is 0 Å². The smallest absolute Gasteiger partial charge is 0.262 e. The van der Waals surface area contributed by atoms with Crippen LogP contribution in [0.2, 0.25) is 0 Å². The number of aromatic nitrogens is 2. The molecule has 0 spiro atoms. The van der Waals surface area contributed by atoms with E-state index in [1.54, 1.807) is 10.6 Å². The molecular formula is C24H28N4O3S. The third kappa shape index (κ3) is 4.81. The second-order valence-corrected chi connectivity index (χ2v) is 9.38. The van der Waals surface area contributed by atoms with Gasteiger partial charge in [0.25, 0.3) is 5.56 Å². The number of amides is 1. The number of carbonyl (C=O) groups excluding carboxylic acids is 1. The van der Waals surface area contributed by atoms with Gasteiger partial charge in [-0.05, 0) is 57.2 Å². The van der Waals surface area contributed by atoms with E-state index in [1.807, 2.05) is 63.2 Å². The van der Waals surface area contributed by atoms with Crippen LogP contribution >= 0.6 is 11.8 Å². The van der Waals surface area contributed by atoms with E-state index in [0.717, 1.165) is 37.7 Å². The van der Waals surface area contributed by atoms with Crippen LogP contribution in [-0.2, 0) is 9.53 Å². The Hall–Kier alpha value is -2.84. The van der Waals surface area contributed by atoms with E-state index in [2.05, 4.69) is 15.2 Å². The Bertz CT molecular complexity index is 1150. The Kier molecular flexibility index (Phi) is 6.81. The summed E-state index contributed by atoms with van der Waals surface area (Å²) in [5, 5.41) is 3.69. The van der Waals surface area contributed by atoms with Crippen LogP contribution in [0.5, 0.6) is 0 Å². The molecular weight excluding hydrogens is 424 g/mol. The number of nitrogens with zero attached hydrogens (tertiary/aromatic N) is 3. The number of fused-ring (bicyclic) bond motifs is 1. The number of ether oxygens (including phenoxy) is 1. The molecule has 1 aliphatic heterocycles. The fourth-order valence-electron chi connectivity index (χ4n) is 3.70. The molecule has 0 bridgehead atoms. The average Bonchev–Trinajstić information content (AvgIpc) is 2.80. The summed E-state index contributed by atoms with van der Waals surface area (Å²) in [6, 6.07) is 15.1. The predicted octanol–water partition coefficient (Wildman–Crippen LogP) is 3.93. The Balaban J connectivity index is 1.48. The van der Waals surface area contributed by atoms with Gasteiger partial charge in [-0.2, -0.15) is 0 Å². The van der Waals surface area contributed by atoms with Crippen LogP contribution in [0.25, 0.3) is 10.9 Å². The van der Waals surface area contributed by atoms with Gasteiger partial charge in [0.15, 0.2) is 5.16 Å². The van der Waals surface area contributed by atoms with Crippen molar-refractivity contribution in [3.63, 3.8) is 0 Å². The van der Waals surface area contributed by atoms with E-state index >= 15 is 0 Å². The number of anilines is 2. The van der Waals surface area contributed by atoms with E-state index in [0.29, 0.717) is 16.1 Å². The maximum absolute atomic E-state index is 13.0. The van der Waals surface area contributed by atoms with Crippen LogP contribution < -0.4 is 15.8 Å². The molecule has 1 N–H and O–H groups in total. The highest BCUT2D eigenvalue weighted by Gasteiger charge is 2.21. The summed E-state index contributed by atoms with van der Waals surface area (Å²) in [6.07, 6.45) is 0. The number of thioether (sulfide) groups is 1. The molecule has 1 atom stereocenters. The largest absolute Gasteiger partial charge is 0.378 e. The monoisotopic (exact) mass is 452 g/mol. The Morgan fingerprint density at radius 2 is 1.75 bits per heavy atom. The summed E-state index contributed by atoms with van der Waals surface area (Å²) < 4.78 is 7.06. The molecule has 0 aliphatic carbocycles. The molecule has 3 aromatic rings. The van der Waals surface area contributed by atoms with E-state index in [-0.39, 0.29) is 17.5 Å². The van der Waals surface area contributed by atoms with Crippen LogP contribution in [0.15, 0.2) is 58.5 Å². The highest BCUT2D eigenvalue weighted by molar-refractivity contribution is 8.00. The maximum atomic E-state index is 13.0. The SMILES string of the molecule is CC(C)n1c(S[C@@H](C)C(=O)Nc2ccc(N3CCOCC3)cc2)nc2ccccc2c1=O. The second kappa shape index (κ2) is 9.75. The summed E-state index contributed by atoms with van der Waals surface area (Å²) in [4.78, 5) is 32.8. The first-order valence-electron chi connectivity index (χ1n) is 10.9. The lowest BCUT2D eigenvalue weighted by Crippen LogP contribution is -2.36. The summed E-state index contributed by atoms with van der Waals surface area (Å²) >= 11 is 1.30. The fourth-order valence-corrected chi connectivity index (χ4v) is 4.74. The van der Waals surface area contributed by atoms with Gasteiger partial charge < -0.3 is 15.0 Å². The Morgan fingerprint density at radius 1 is 1.06 bits per heavy atom. The molecule has 2 heterocycles. The van der Waals surface area contributed by atoms with Crippen LogP contribution in [0, 0.1) is 0 Å². The minimum absolute atomic E-state index is 0.0647. The lowest BCUT2D eigenvalue weighted by atomic mass is 10.2. The third-order valence-electron chi connectivity index (χ3n) is 5.45. The topological polar surface area (TPSA) is 76.5 Å². The third-order valence-corrected chi connectivity index (χ3v) is 6.52. The maximum Gasteiger partial charge on any atom is 0.262 e. The first-order chi connectivity index (χ1) is 15.4. The molecule has 0 saturated carbocycles. The van der Waals surface area contributed by atoms with Crippen molar-refractivity contribution in [2.75, 3.05) is 36.5 Å². The molecule has 4 rings (SSSR count). The van der Waals surface area contributed by atoms with E-state index in [4.69, 9.17) is 4.74 Å². The molecule has 1 aliphatic rings. The second-order valence-electron chi connectivity index (χ2n) is 8.08. The number of para-hydroxylation sites is 1. The molecule has 8 heteroatoms. The lowest BCUT2D eigenvalue weighted by molar-refractivity contribution is -0.115. The van der Waals surface area contributed by atoms with Gasteiger partial charge in [-0.15, -0.1) is 0 Å². The molecule has 1 amide bonds. The number of hydrogen-bond donors (Lipinski definition) is 1. The Morgan fingerprint density at radius 3 is 2.44 bits per heavy atom. The van der Waals surface area contributed by atoms with E-state index in [1.165, 1.54) is 11.8 Å². The summed E-state index contributed by atoms with van der Waals surface area (Å²) in [5.74, 6) is -0.133. The predicted molar refractivity (Wildman–Crippen MR) is 130 cm³/mol. The first kappa shape index (κ1) is 22.4. The first-order valence-corrected chi connectivity index (χ1v) is 11.7. The summed E-state index contributed by atoms with van der Waals surface area (Å²) in [7, 11) is 0. The fraction of sp³-hybridized carbons (Fsp3) is 0.375. The zero-order valence-electron chi connectivity index (χ0n) is 18.6. The summed E-state index contributed by atoms with van der Waals surface area (Å²) in [6.45, 7) is 8.93. The molecule has 32 heavy (non-hydrogen) atoms. The molecule has 168 valence electrons. The zero-order valence-corrected chi connectivity index (χ0v) is 19.4. The van der Waals surface area contributed by atoms with E-state index in [9.17, 15) is 9.59 Å². The minimum Gasteiger partial charge on any atom is -0.378 e. The van der Waals surface area contributed by atoms with Gasteiger partial charge in [0.05, 0.1) is 29.4 Å². The molecule has 0 unspecified atom stereocenters.